The van der Waals surface area contributed by atoms with Crippen LogP contribution >= 0.6 is 0 Å². The molecule has 2 heterocycles. The van der Waals surface area contributed by atoms with Crippen LogP contribution in [0.25, 0.3) is 10.9 Å². The van der Waals surface area contributed by atoms with Crippen LogP contribution in [-0.2, 0) is 9.47 Å². The van der Waals surface area contributed by atoms with E-state index in [-0.39, 0.29) is 6.29 Å². The second-order valence-electron chi connectivity index (χ2n) is 4.23. The van der Waals surface area contributed by atoms with Gasteiger partial charge in [-0.3, -0.25) is 4.98 Å². The lowest BCUT2D eigenvalue weighted by Gasteiger charge is -2.14. The summed E-state index contributed by atoms with van der Waals surface area (Å²) in [5, 5.41) is 13.3. The van der Waals surface area contributed by atoms with Crippen LogP contribution in [0.4, 0.5) is 5.69 Å². The van der Waals surface area contributed by atoms with Gasteiger partial charge in [-0.15, -0.1) is 0 Å². The molecule has 0 saturated carbocycles. The zero-order valence-corrected chi connectivity index (χ0v) is 10.3. The predicted molar refractivity (Wildman–Crippen MR) is 70.6 cm³/mol. The molecule has 0 atom stereocenters. The Morgan fingerprint density at radius 2 is 2.11 bits per heavy atom. The molecule has 0 aliphatic carbocycles. The Balaban J connectivity index is 1.93. The summed E-state index contributed by atoms with van der Waals surface area (Å²) in [6.45, 7) is 1.76. The first-order valence-electron chi connectivity index (χ1n) is 6.13. The van der Waals surface area contributed by atoms with Gasteiger partial charge in [0.2, 0.25) is 0 Å². The molecule has 5 nitrogen and oxygen atoms in total. The zero-order chi connectivity index (χ0) is 13.1. The molecule has 0 bridgehead atoms. The lowest BCUT2D eigenvalue weighted by Crippen LogP contribution is -2.20. The summed E-state index contributed by atoms with van der Waals surface area (Å²) in [5.74, 6) is 0. The first kappa shape index (κ1) is 11.9. The molecule has 96 valence electrons. The van der Waals surface area contributed by atoms with E-state index in [9.17, 15) is 5.26 Å². The number of benzene rings is 1. The molecule has 5 heteroatoms. The van der Waals surface area contributed by atoms with Gasteiger partial charge in [0.15, 0.2) is 6.29 Å². The molecule has 0 radical (unpaired) electrons. The largest absolute Gasteiger partial charge is 0.378 e. The third kappa shape index (κ3) is 2.36. The van der Waals surface area contributed by atoms with E-state index in [1.54, 1.807) is 6.20 Å². The third-order valence-electron chi connectivity index (χ3n) is 3.03. The molecular weight excluding hydrogens is 242 g/mol. The van der Waals surface area contributed by atoms with Crippen molar-refractivity contribution in [1.82, 2.24) is 4.98 Å². The lowest BCUT2D eigenvalue weighted by atomic mass is 10.1. The van der Waals surface area contributed by atoms with Crippen molar-refractivity contribution in [1.29, 1.82) is 5.26 Å². The molecule has 1 saturated heterocycles. The molecule has 3 rings (SSSR count). The van der Waals surface area contributed by atoms with Crippen LogP contribution in [0.1, 0.15) is 5.56 Å². The fourth-order valence-electron chi connectivity index (χ4n) is 2.13. The number of hydrogen-bond acceptors (Lipinski definition) is 5. The van der Waals surface area contributed by atoms with E-state index in [0.29, 0.717) is 25.3 Å². The van der Waals surface area contributed by atoms with Gasteiger partial charge in [0.25, 0.3) is 0 Å². The van der Waals surface area contributed by atoms with Crippen molar-refractivity contribution in [3.05, 3.63) is 36.0 Å². The Hall–Kier alpha value is -2.16. The minimum absolute atomic E-state index is 0.251. The van der Waals surface area contributed by atoms with Gasteiger partial charge < -0.3 is 14.8 Å². The Morgan fingerprint density at radius 1 is 1.32 bits per heavy atom. The summed E-state index contributed by atoms with van der Waals surface area (Å²) in [7, 11) is 0. The topological polar surface area (TPSA) is 67.2 Å². The van der Waals surface area contributed by atoms with Crippen LogP contribution in [0.3, 0.4) is 0 Å². The number of nitrogens with zero attached hydrogens (tertiary/aromatic N) is 2. The monoisotopic (exact) mass is 255 g/mol. The normalized spacial score (nSPS) is 15.5. The lowest BCUT2D eigenvalue weighted by molar-refractivity contribution is -0.0299. The fraction of sp³-hybridized carbons (Fsp3) is 0.286. The maximum absolute atomic E-state index is 9.18. The first-order valence-corrected chi connectivity index (χ1v) is 6.13. The van der Waals surface area contributed by atoms with E-state index in [0.717, 1.165) is 16.6 Å². The molecule has 1 aliphatic rings. The van der Waals surface area contributed by atoms with Gasteiger partial charge in [0.1, 0.15) is 6.07 Å². The number of para-hydroxylation sites is 1. The summed E-state index contributed by atoms with van der Waals surface area (Å²) < 4.78 is 10.8. The predicted octanol–water partition coefficient (Wildman–Crippen LogP) is 1.89. The number of pyridine rings is 1. The van der Waals surface area contributed by atoms with Gasteiger partial charge in [-0.1, -0.05) is 18.2 Å². The van der Waals surface area contributed by atoms with E-state index >= 15 is 0 Å². The first-order chi connectivity index (χ1) is 9.38. The highest BCUT2D eigenvalue weighted by atomic mass is 16.7. The van der Waals surface area contributed by atoms with Crippen LogP contribution in [0.15, 0.2) is 30.5 Å². The number of ether oxygens (including phenoxy) is 2. The Morgan fingerprint density at radius 3 is 2.89 bits per heavy atom. The smallest absolute Gasteiger partial charge is 0.174 e. The van der Waals surface area contributed by atoms with Gasteiger partial charge >= 0.3 is 0 Å². The summed E-state index contributed by atoms with van der Waals surface area (Å²) in [6.07, 6.45) is 1.33. The summed E-state index contributed by atoms with van der Waals surface area (Å²) in [4.78, 5) is 4.27. The number of fused-ring (bicyclic) bond motifs is 1. The molecule has 1 fully saturated rings. The van der Waals surface area contributed by atoms with Crippen LogP contribution in [0, 0.1) is 11.3 Å². The molecule has 0 unspecified atom stereocenters. The number of hydrogen-bond donors (Lipinski definition) is 1. The minimum Gasteiger partial charge on any atom is -0.378 e. The average molecular weight is 255 g/mol. The van der Waals surface area contributed by atoms with Gasteiger partial charge in [-0.25, -0.2) is 0 Å². The molecule has 19 heavy (non-hydrogen) atoms. The van der Waals surface area contributed by atoms with E-state index in [1.807, 2.05) is 24.3 Å². The summed E-state index contributed by atoms with van der Waals surface area (Å²) in [6, 6.07) is 9.88. The van der Waals surface area contributed by atoms with Crippen LogP contribution in [0.2, 0.25) is 0 Å². The number of anilines is 1. The van der Waals surface area contributed by atoms with Gasteiger partial charge in [-0.05, 0) is 6.07 Å². The molecule has 0 amide bonds. The highest BCUT2D eigenvalue weighted by Gasteiger charge is 2.17. The average Bonchev–Trinajstić information content (AvgIpc) is 2.97. The van der Waals surface area contributed by atoms with Crippen molar-refractivity contribution < 1.29 is 9.47 Å². The molecule has 2 aromatic rings. The molecule has 1 aliphatic heterocycles. The second kappa shape index (κ2) is 5.22. The van der Waals surface area contributed by atoms with Crippen molar-refractivity contribution >= 4 is 16.6 Å². The molecule has 0 spiro atoms. The van der Waals surface area contributed by atoms with Crippen molar-refractivity contribution in [2.75, 3.05) is 25.1 Å². The van der Waals surface area contributed by atoms with Crippen molar-refractivity contribution in [3.8, 4) is 6.07 Å². The summed E-state index contributed by atoms with van der Waals surface area (Å²) >= 11 is 0. The Kier molecular flexibility index (Phi) is 3.27. The minimum atomic E-state index is -0.251. The fourth-order valence-corrected chi connectivity index (χ4v) is 2.13. The van der Waals surface area contributed by atoms with E-state index < -0.39 is 0 Å². The standard InChI is InChI=1S/C14H13N3O2/c15-7-10-8-16-12-4-2-1-3-11(12)14(10)17-9-13-18-5-6-19-13/h1-4,8,13H,5-6,9H2,(H,16,17). The van der Waals surface area contributed by atoms with Crippen LogP contribution in [0.5, 0.6) is 0 Å². The third-order valence-corrected chi connectivity index (χ3v) is 3.03. The van der Waals surface area contributed by atoms with Gasteiger partial charge in [0.05, 0.1) is 36.5 Å². The summed E-state index contributed by atoms with van der Waals surface area (Å²) in [5.41, 5.74) is 2.17. The SMILES string of the molecule is N#Cc1cnc2ccccc2c1NCC1OCCO1. The van der Waals surface area contributed by atoms with Crippen molar-refractivity contribution in [3.63, 3.8) is 0 Å². The van der Waals surface area contributed by atoms with Gasteiger partial charge in [0, 0.05) is 11.6 Å². The van der Waals surface area contributed by atoms with Crippen molar-refractivity contribution in [2.24, 2.45) is 0 Å². The Bertz CT molecular complexity index is 630. The quantitative estimate of drug-likeness (QED) is 0.907. The molecular formula is C14H13N3O2. The molecule has 1 aromatic heterocycles. The molecule has 1 N–H and O–H groups in total. The highest BCUT2D eigenvalue weighted by Crippen LogP contribution is 2.25. The van der Waals surface area contributed by atoms with E-state index in [4.69, 9.17) is 9.47 Å². The maximum atomic E-state index is 9.18. The maximum Gasteiger partial charge on any atom is 0.174 e. The van der Waals surface area contributed by atoms with E-state index in [2.05, 4.69) is 16.4 Å². The number of nitrogens with one attached hydrogen (secondary N) is 1. The highest BCUT2D eigenvalue weighted by molar-refractivity contribution is 5.93. The number of aromatic nitrogens is 1. The van der Waals surface area contributed by atoms with E-state index in [1.165, 1.54) is 0 Å². The van der Waals surface area contributed by atoms with Crippen LogP contribution < -0.4 is 5.32 Å². The molecule has 1 aromatic carbocycles. The zero-order valence-electron chi connectivity index (χ0n) is 10.3. The van der Waals surface area contributed by atoms with Crippen molar-refractivity contribution in [2.45, 2.75) is 6.29 Å². The second-order valence-corrected chi connectivity index (χ2v) is 4.23. The van der Waals surface area contributed by atoms with Gasteiger partial charge in [-0.2, -0.15) is 5.26 Å². The Labute approximate surface area is 110 Å². The van der Waals surface area contributed by atoms with Crippen LogP contribution in [-0.4, -0.2) is 31.0 Å². The number of nitriles is 1. The number of rotatable bonds is 3.